The summed E-state index contributed by atoms with van der Waals surface area (Å²) in [6.45, 7) is 11.0. The van der Waals surface area contributed by atoms with Crippen molar-refractivity contribution in [2.45, 2.75) is 102 Å². The lowest BCUT2D eigenvalue weighted by molar-refractivity contribution is 0.0862. The molecule has 4 aliphatic carbocycles. The number of hydrogen-bond acceptors (Lipinski definition) is 3. The Morgan fingerprint density at radius 3 is 2.46 bits per heavy atom. The molecule has 0 bridgehead atoms. The fraction of sp³-hybridized carbons (Fsp3) is 0.588. The van der Waals surface area contributed by atoms with Crippen molar-refractivity contribution in [2.24, 2.45) is 23.2 Å². The largest absolute Gasteiger partial charge is 0.393 e. The Kier molecular flexibility index (Phi) is 7.44. The van der Waals surface area contributed by atoms with Gasteiger partial charge in [-0.25, -0.2) is 0 Å². The van der Waals surface area contributed by atoms with E-state index in [4.69, 9.17) is 0 Å². The average Bonchev–Trinajstić information content (AvgIpc) is 3.60. The molecular formula is C34H46O3. The third-order valence-electron chi connectivity index (χ3n) is 10.5. The molecule has 0 heterocycles. The van der Waals surface area contributed by atoms with Gasteiger partial charge >= 0.3 is 0 Å². The molecule has 1 aromatic rings. The summed E-state index contributed by atoms with van der Waals surface area (Å²) in [5.74, 6) is 1.62. The van der Waals surface area contributed by atoms with Crippen LogP contribution in [0.1, 0.15) is 82.8 Å². The molecule has 0 spiro atoms. The van der Waals surface area contributed by atoms with Gasteiger partial charge in [-0.15, -0.1) is 0 Å². The van der Waals surface area contributed by atoms with Crippen molar-refractivity contribution in [3.05, 3.63) is 83.0 Å². The third-order valence-corrected chi connectivity index (χ3v) is 10.5. The Morgan fingerprint density at radius 1 is 1.03 bits per heavy atom. The highest BCUT2D eigenvalue weighted by Crippen LogP contribution is 2.60. The number of fused-ring (bicyclic) bond motifs is 1. The van der Waals surface area contributed by atoms with Gasteiger partial charge in [0.05, 0.1) is 18.3 Å². The molecule has 0 unspecified atom stereocenters. The van der Waals surface area contributed by atoms with E-state index >= 15 is 0 Å². The van der Waals surface area contributed by atoms with Crippen LogP contribution in [0.4, 0.5) is 0 Å². The van der Waals surface area contributed by atoms with E-state index in [1.165, 1.54) is 42.4 Å². The molecule has 3 N–H and O–H groups in total. The van der Waals surface area contributed by atoms with Gasteiger partial charge in [-0.1, -0.05) is 80.1 Å². The van der Waals surface area contributed by atoms with Crippen LogP contribution in [-0.2, 0) is 5.41 Å². The standard InChI is InChI=1S/C34H46O3/c1-22-7-12-27(13-8-22)34(18-19-34)32(37)16-9-23(2)29-14-15-30-25(6-5-17-33(29,30)4)10-11-26-20-28(35)21-31(36)24(26)3/h7-13,16,23,28-32,35-37H,3,5-6,14-15,17-21H2,1-2,4H3/t23-,28-,29-,30+,31+,32-,33-/m1/s1. The number of aliphatic hydroxyl groups is 3. The topological polar surface area (TPSA) is 60.7 Å². The Labute approximate surface area is 223 Å². The summed E-state index contributed by atoms with van der Waals surface area (Å²) in [5.41, 5.74) is 6.00. The van der Waals surface area contributed by atoms with Crippen LogP contribution in [0.5, 0.6) is 0 Å². The zero-order valence-electron chi connectivity index (χ0n) is 23.0. The molecule has 37 heavy (non-hydrogen) atoms. The van der Waals surface area contributed by atoms with Gasteiger partial charge in [0.2, 0.25) is 0 Å². The van der Waals surface area contributed by atoms with E-state index < -0.39 is 18.3 Å². The molecule has 4 saturated carbocycles. The van der Waals surface area contributed by atoms with E-state index in [9.17, 15) is 15.3 Å². The summed E-state index contributed by atoms with van der Waals surface area (Å²) >= 11 is 0. The minimum atomic E-state index is -0.635. The highest BCUT2D eigenvalue weighted by atomic mass is 16.3. The van der Waals surface area contributed by atoms with Crippen LogP contribution < -0.4 is 0 Å². The Hall–Kier alpha value is -1.94. The lowest BCUT2D eigenvalue weighted by Crippen LogP contribution is -2.35. The van der Waals surface area contributed by atoms with E-state index in [-0.39, 0.29) is 10.8 Å². The summed E-state index contributed by atoms with van der Waals surface area (Å²) in [7, 11) is 0. The van der Waals surface area contributed by atoms with Crippen molar-refractivity contribution in [2.75, 3.05) is 0 Å². The first-order valence-electron chi connectivity index (χ1n) is 14.5. The maximum atomic E-state index is 11.2. The van der Waals surface area contributed by atoms with Crippen molar-refractivity contribution in [3.63, 3.8) is 0 Å². The fourth-order valence-corrected chi connectivity index (χ4v) is 7.98. The number of aliphatic hydroxyl groups excluding tert-OH is 3. The highest BCUT2D eigenvalue weighted by Gasteiger charge is 2.51. The monoisotopic (exact) mass is 502 g/mol. The van der Waals surface area contributed by atoms with Crippen molar-refractivity contribution in [1.29, 1.82) is 0 Å². The van der Waals surface area contributed by atoms with Gasteiger partial charge in [0.1, 0.15) is 0 Å². The molecule has 3 nitrogen and oxygen atoms in total. The predicted molar refractivity (Wildman–Crippen MR) is 151 cm³/mol. The highest BCUT2D eigenvalue weighted by molar-refractivity contribution is 5.39. The van der Waals surface area contributed by atoms with Crippen LogP contribution in [0.15, 0.2) is 71.9 Å². The quantitative estimate of drug-likeness (QED) is 0.378. The fourth-order valence-electron chi connectivity index (χ4n) is 7.98. The summed E-state index contributed by atoms with van der Waals surface area (Å²) in [4.78, 5) is 0. The first-order valence-corrected chi connectivity index (χ1v) is 14.5. The first-order chi connectivity index (χ1) is 17.6. The van der Waals surface area contributed by atoms with Gasteiger partial charge in [0.15, 0.2) is 0 Å². The lowest BCUT2D eigenvalue weighted by Gasteiger charge is -2.44. The first kappa shape index (κ1) is 26.7. The molecule has 0 aromatic heterocycles. The molecule has 0 radical (unpaired) electrons. The predicted octanol–water partition coefficient (Wildman–Crippen LogP) is 6.72. The number of hydrogen-bond donors (Lipinski definition) is 3. The zero-order chi connectivity index (χ0) is 26.4. The van der Waals surface area contributed by atoms with E-state index in [1.807, 2.05) is 0 Å². The van der Waals surface area contributed by atoms with Crippen molar-refractivity contribution in [3.8, 4) is 0 Å². The van der Waals surface area contributed by atoms with Crippen molar-refractivity contribution in [1.82, 2.24) is 0 Å². The van der Waals surface area contributed by atoms with Crippen LogP contribution in [-0.4, -0.2) is 33.6 Å². The van der Waals surface area contributed by atoms with Crippen LogP contribution >= 0.6 is 0 Å². The minimum Gasteiger partial charge on any atom is -0.393 e. The number of aryl methyl sites for hydroxylation is 1. The number of rotatable bonds is 6. The molecule has 7 atom stereocenters. The van der Waals surface area contributed by atoms with E-state index in [0.29, 0.717) is 30.6 Å². The molecule has 5 rings (SSSR count). The lowest BCUT2D eigenvalue weighted by atomic mass is 9.61. The molecular weight excluding hydrogens is 456 g/mol. The maximum absolute atomic E-state index is 11.2. The van der Waals surface area contributed by atoms with Gasteiger partial charge in [-0.3, -0.25) is 0 Å². The summed E-state index contributed by atoms with van der Waals surface area (Å²) < 4.78 is 0. The second-order valence-corrected chi connectivity index (χ2v) is 12.9. The van der Waals surface area contributed by atoms with Crippen LogP contribution in [0.3, 0.4) is 0 Å². The minimum absolute atomic E-state index is 0.0927. The summed E-state index contributed by atoms with van der Waals surface area (Å²) in [5, 5.41) is 31.5. The molecule has 0 saturated heterocycles. The van der Waals surface area contributed by atoms with Gasteiger partial charge < -0.3 is 15.3 Å². The summed E-state index contributed by atoms with van der Waals surface area (Å²) in [6.07, 6.45) is 16.4. The second kappa shape index (κ2) is 10.3. The van der Waals surface area contributed by atoms with Gasteiger partial charge in [-0.2, -0.15) is 0 Å². The van der Waals surface area contributed by atoms with Crippen molar-refractivity contribution >= 4 is 0 Å². The maximum Gasteiger partial charge on any atom is 0.0817 e. The molecule has 3 heteroatoms. The van der Waals surface area contributed by atoms with Crippen LogP contribution in [0.25, 0.3) is 0 Å². The van der Waals surface area contributed by atoms with Gasteiger partial charge in [-0.05, 0) is 98.2 Å². The molecule has 1 aromatic carbocycles. The number of allylic oxidation sites excluding steroid dienone is 4. The van der Waals surface area contributed by atoms with Crippen molar-refractivity contribution < 1.29 is 15.3 Å². The van der Waals surface area contributed by atoms with E-state index in [0.717, 1.165) is 30.4 Å². The Bertz CT molecular complexity index is 1090. The zero-order valence-corrected chi connectivity index (χ0v) is 23.0. The SMILES string of the molecule is C=C1C(=CC=C2CCC[C@]3(C)[C@@H]([C@H](C)C=C[C@@H](O)C4(c5ccc(C)cc5)CC4)CC[C@@H]23)C[C@@H](O)C[C@@H]1O. The normalized spacial score (nSPS) is 37.2. The smallest absolute Gasteiger partial charge is 0.0817 e. The molecule has 0 aliphatic heterocycles. The van der Waals surface area contributed by atoms with E-state index in [2.05, 4.69) is 75.9 Å². The average molecular weight is 503 g/mol. The Balaban J connectivity index is 1.28. The summed E-state index contributed by atoms with van der Waals surface area (Å²) in [6, 6.07) is 8.71. The molecule has 4 aliphatic rings. The Morgan fingerprint density at radius 2 is 1.76 bits per heavy atom. The molecule has 200 valence electrons. The van der Waals surface area contributed by atoms with Crippen LogP contribution in [0.2, 0.25) is 0 Å². The van der Waals surface area contributed by atoms with E-state index in [1.54, 1.807) is 0 Å². The molecule has 4 fully saturated rings. The number of benzene rings is 1. The second-order valence-electron chi connectivity index (χ2n) is 12.9. The van der Waals surface area contributed by atoms with Gasteiger partial charge in [0, 0.05) is 11.8 Å². The molecule has 0 amide bonds. The third kappa shape index (κ3) is 5.07. The van der Waals surface area contributed by atoms with Gasteiger partial charge in [0.25, 0.3) is 0 Å². The van der Waals surface area contributed by atoms with Crippen LogP contribution in [0, 0.1) is 30.1 Å².